The largest absolute Gasteiger partial charge is 0.496 e. The topological polar surface area (TPSA) is 62.7 Å². The number of halogens is 1. The van der Waals surface area contributed by atoms with Crippen LogP contribution in [0.3, 0.4) is 0 Å². The Morgan fingerprint density at radius 1 is 1.50 bits per heavy atom. The van der Waals surface area contributed by atoms with Crippen molar-refractivity contribution in [2.75, 3.05) is 25.2 Å². The number of carbonyl (C=O) groups is 2. The summed E-state index contributed by atoms with van der Waals surface area (Å²) >= 11 is 7.38. The van der Waals surface area contributed by atoms with Crippen molar-refractivity contribution in [2.45, 2.75) is 12.8 Å². The van der Waals surface area contributed by atoms with E-state index in [1.54, 1.807) is 34.7 Å². The number of carbonyl (C=O) groups excluding carboxylic acids is 2. The molecule has 0 spiro atoms. The molecule has 3 rings (SSSR count). The van der Waals surface area contributed by atoms with Gasteiger partial charge >= 0.3 is 0 Å². The number of rotatable bonds is 5. The minimum atomic E-state index is -0.302. The zero-order chi connectivity index (χ0) is 17.1. The quantitative estimate of drug-likeness (QED) is 0.817. The molecule has 1 aliphatic heterocycles. The fraction of sp³-hybridized carbons (Fsp3) is 0.312. The number of hydrogen-bond donors (Lipinski definition) is 0. The average Bonchev–Trinajstić information content (AvgIpc) is 3.24. The molecule has 0 saturated carbocycles. The Morgan fingerprint density at radius 3 is 2.96 bits per heavy atom. The molecule has 1 aliphatic rings. The highest BCUT2D eigenvalue weighted by Gasteiger charge is 2.29. The number of likely N-dealkylation sites (tertiary alicyclic amines) is 1. The summed E-state index contributed by atoms with van der Waals surface area (Å²) in [4.78, 5) is 32.4. The average molecular weight is 366 g/mol. The number of aromatic nitrogens is 1. The third-order valence-corrected chi connectivity index (χ3v) is 4.80. The molecule has 8 heteroatoms. The van der Waals surface area contributed by atoms with Gasteiger partial charge < -0.3 is 9.64 Å². The fourth-order valence-corrected chi connectivity index (χ4v) is 3.38. The van der Waals surface area contributed by atoms with Gasteiger partial charge in [-0.05, 0) is 24.6 Å². The number of methoxy groups -OCH3 is 1. The summed E-state index contributed by atoms with van der Waals surface area (Å²) < 4.78 is 5.28. The number of amides is 2. The van der Waals surface area contributed by atoms with Crippen LogP contribution in [0.4, 0.5) is 5.13 Å². The number of thiazole rings is 1. The van der Waals surface area contributed by atoms with Crippen molar-refractivity contribution in [2.24, 2.45) is 0 Å². The lowest BCUT2D eigenvalue weighted by Crippen LogP contribution is -2.42. The van der Waals surface area contributed by atoms with Crippen molar-refractivity contribution in [3.63, 3.8) is 0 Å². The molecule has 24 heavy (non-hydrogen) atoms. The highest BCUT2D eigenvalue weighted by molar-refractivity contribution is 7.13. The second-order valence-corrected chi connectivity index (χ2v) is 6.60. The Labute approximate surface area is 148 Å². The normalized spacial score (nSPS) is 14.1. The first-order chi connectivity index (χ1) is 11.6. The molecule has 1 aromatic carbocycles. The lowest BCUT2D eigenvalue weighted by Gasteiger charge is -2.26. The van der Waals surface area contributed by atoms with Gasteiger partial charge in [0.1, 0.15) is 12.4 Å². The Bertz CT molecular complexity index is 751. The molecule has 2 amide bonds. The van der Waals surface area contributed by atoms with Crippen LogP contribution in [0.25, 0.3) is 0 Å². The van der Waals surface area contributed by atoms with Gasteiger partial charge in [0, 0.05) is 29.6 Å². The number of nitrogens with zero attached hydrogens (tertiary/aromatic N) is 3. The predicted octanol–water partition coefficient (Wildman–Crippen LogP) is 3.03. The molecule has 0 atom stereocenters. The molecule has 0 N–H and O–H groups in total. The van der Waals surface area contributed by atoms with Crippen LogP contribution in [0.1, 0.15) is 23.2 Å². The van der Waals surface area contributed by atoms with Crippen molar-refractivity contribution < 1.29 is 14.3 Å². The van der Waals surface area contributed by atoms with Crippen molar-refractivity contribution in [3.8, 4) is 5.75 Å². The maximum Gasteiger partial charge on any atom is 0.265 e. The number of ether oxygens (including phenoxy) is 1. The molecular weight excluding hydrogens is 350 g/mol. The molecule has 1 saturated heterocycles. The first kappa shape index (κ1) is 16.7. The third kappa shape index (κ3) is 3.37. The van der Waals surface area contributed by atoms with Gasteiger partial charge in [-0.25, -0.2) is 4.98 Å². The van der Waals surface area contributed by atoms with Crippen LogP contribution in [-0.2, 0) is 4.79 Å². The predicted molar refractivity (Wildman–Crippen MR) is 92.7 cm³/mol. The van der Waals surface area contributed by atoms with E-state index in [9.17, 15) is 9.59 Å². The van der Waals surface area contributed by atoms with Crippen LogP contribution in [0.2, 0.25) is 5.02 Å². The molecule has 1 aromatic heterocycles. The summed E-state index contributed by atoms with van der Waals surface area (Å²) in [6, 6.07) is 4.88. The standard InChI is InChI=1S/C16H16ClN3O3S/c1-23-13-5-4-11(17)9-12(13)15(22)20(16-18-6-8-24-16)10-19-7-2-3-14(19)21/h4-6,8-9H,2-3,7,10H2,1H3. The zero-order valence-electron chi connectivity index (χ0n) is 13.1. The molecular formula is C16H16ClN3O3S. The van der Waals surface area contributed by atoms with Gasteiger partial charge in [-0.15, -0.1) is 11.3 Å². The van der Waals surface area contributed by atoms with E-state index in [1.807, 2.05) is 0 Å². The van der Waals surface area contributed by atoms with E-state index in [4.69, 9.17) is 16.3 Å². The summed E-state index contributed by atoms with van der Waals surface area (Å²) in [5, 5.41) is 2.76. The van der Waals surface area contributed by atoms with Crippen LogP contribution >= 0.6 is 22.9 Å². The second-order valence-electron chi connectivity index (χ2n) is 5.29. The van der Waals surface area contributed by atoms with E-state index in [-0.39, 0.29) is 18.5 Å². The van der Waals surface area contributed by atoms with Crippen LogP contribution < -0.4 is 9.64 Å². The van der Waals surface area contributed by atoms with Gasteiger partial charge in [0.2, 0.25) is 5.91 Å². The third-order valence-electron chi connectivity index (χ3n) is 3.77. The van der Waals surface area contributed by atoms with Crippen molar-refractivity contribution in [1.82, 2.24) is 9.88 Å². The van der Waals surface area contributed by atoms with Crippen LogP contribution in [0.5, 0.6) is 5.75 Å². The minimum absolute atomic E-state index is 0.0439. The van der Waals surface area contributed by atoms with Gasteiger partial charge in [0.15, 0.2) is 5.13 Å². The van der Waals surface area contributed by atoms with Crippen molar-refractivity contribution in [3.05, 3.63) is 40.4 Å². The highest BCUT2D eigenvalue weighted by atomic mass is 35.5. The first-order valence-corrected chi connectivity index (χ1v) is 8.68. The highest BCUT2D eigenvalue weighted by Crippen LogP contribution is 2.28. The summed E-state index contributed by atoms with van der Waals surface area (Å²) in [6.07, 6.45) is 2.95. The van der Waals surface area contributed by atoms with E-state index in [1.165, 1.54) is 23.3 Å². The van der Waals surface area contributed by atoms with Gasteiger partial charge in [-0.2, -0.15) is 0 Å². The molecule has 2 aromatic rings. The fourth-order valence-electron chi connectivity index (χ4n) is 2.58. The molecule has 1 fully saturated rings. The Morgan fingerprint density at radius 2 is 2.33 bits per heavy atom. The van der Waals surface area contributed by atoms with Gasteiger partial charge in [0.05, 0.1) is 12.7 Å². The van der Waals surface area contributed by atoms with E-state index in [0.29, 0.717) is 34.4 Å². The molecule has 0 radical (unpaired) electrons. The minimum Gasteiger partial charge on any atom is -0.496 e. The molecule has 6 nitrogen and oxygen atoms in total. The van der Waals surface area contributed by atoms with Crippen LogP contribution in [0, 0.1) is 0 Å². The van der Waals surface area contributed by atoms with Crippen molar-refractivity contribution in [1.29, 1.82) is 0 Å². The van der Waals surface area contributed by atoms with E-state index in [0.717, 1.165) is 6.42 Å². The lowest BCUT2D eigenvalue weighted by molar-refractivity contribution is -0.127. The summed E-state index contributed by atoms with van der Waals surface area (Å²) in [6.45, 7) is 0.807. The van der Waals surface area contributed by atoms with Gasteiger partial charge in [-0.1, -0.05) is 11.6 Å². The molecule has 2 heterocycles. The summed E-state index contributed by atoms with van der Waals surface area (Å²) in [5.41, 5.74) is 0.340. The van der Waals surface area contributed by atoms with E-state index >= 15 is 0 Å². The molecule has 0 bridgehead atoms. The van der Waals surface area contributed by atoms with Gasteiger partial charge in [-0.3, -0.25) is 14.5 Å². The van der Waals surface area contributed by atoms with Crippen molar-refractivity contribution >= 4 is 39.9 Å². The maximum atomic E-state index is 13.1. The van der Waals surface area contributed by atoms with Gasteiger partial charge in [0.25, 0.3) is 5.91 Å². The van der Waals surface area contributed by atoms with Crippen LogP contribution in [0.15, 0.2) is 29.8 Å². The lowest BCUT2D eigenvalue weighted by atomic mass is 10.2. The smallest absolute Gasteiger partial charge is 0.265 e. The monoisotopic (exact) mass is 365 g/mol. The first-order valence-electron chi connectivity index (χ1n) is 7.43. The maximum absolute atomic E-state index is 13.1. The second kappa shape index (κ2) is 7.19. The summed E-state index contributed by atoms with van der Waals surface area (Å²) in [7, 11) is 1.50. The summed E-state index contributed by atoms with van der Waals surface area (Å²) in [5.74, 6) is 0.171. The Balaban J connectivity index is 1.95. The van der Waals surface area contributed by atoms with E-state index in [2.05, 4.69) is 4.98 Å². The number of anilines is 1. The number of hydrogen-bond acceptors (Lipinski definition) is 5. The zero-order valence-corrected chi connectivity index (χ0v) is 14.6. The Hall–Kier alpha value is -2.12. The molecule has 0 unspecified atom stereocenters. The Kier molecular flexibility index (Phi) is 5.01. The van der Waals surface area contributed by atoms with Crippen LogP contribution in [-0.4, -0.2) is 42.0 Å². The molecule has 0 aliphatic carbocycles. The SMILES string of the molecule is COc1ccc(Cl)cc1C(=O)N(CN1CCCC1=O)c1nccs1. The van der Waals surface area contributed by atoms with E-state index < -0.39 is 0 Å². The molecule has 126 valence electrons. The number of benzene rings is 1.